The molecule has 29 heavy (non-hydrogen) atoms. The van der Waals surface area contributed by atoms with Gasteiger partial charge in [-0.05, 0) is 26.7 Å². The van der Waals surface area contributed by atoms with Gasteiger partial charge < -0.3 is 14.3 Å². The van der Waals surface area contributed by atoms with Crippen molar-refractivity contribution in [2.24, 2.45) is 0 Å². The Labute approximate surface area is 165 Å². The van der Waals surface area contributed by atoms with E-state index in [2.05, 4.69) is 15.5 Å². The van der Waals surface area contributed by atoms with E-state index < -0.39 is 30.8 Å². The maximum atomic E-state index is 14.1. The molecule has 2 aliphatic heterocycles. The van der Waals surface area contributed by atoms with Gasteiger partial charge in [0.25, 0.3) is 17.7 Å². The Bertz CT molecular complexity index is 914. The van der Waals surface area contributed by atoms with Gasteiger partial charge in [0.15, 0.2) is 5.69 Å². The Morgan fingerprint density at radius 2 is 1.97 bits per heavy atom. The molecular formula is C18H22F2N6O3. The molecule has 0 bridgehead atoms. The van der Waals surface area contributed by atoms with Gasteiger partial charge >= 0.3 is 0 Å². The van der Waals surface area contributed by atoms with Crippen LogP contribution in [0.25, 0.3) is 0 Å². The minimum atomic E-state index is -3.01. The smallest absolute Gasteiger partial charge is 0.276 e. The molecule has 2 aliphatic rings. The van der Waals surface area contributed by atoms with Gasteiger partial charge in [0.2, 0.25) is 0 Å². The fraction of sp³-hybridized carbons (Fsp3) is 0.611. The Morgan fingerprint density at radius 3 is 2.62 bits per heavy atom. The first kappa shape index (κ1) is 19.5. The van der Waals surface area contributed by atoms with Crippen molar-refractivity contribution in [3.8, 4) is 0 Å². The molecule has 2 saturated heterocycles. The van der Waals surface area contributed by atoms with Crippen molar-refractivity contribution in [1.82, 2.24) is 30.0 Å². The van der Waals surface area contributed by atoms with Gasteiger partial charge in [-0.2, -0.15) is 0 Å². The molecular weight excluding hydrogens is 386 g/mol. The van der Waals surface area contributed by atoms with E-state index in [-0.39, 0.29) is 23.7 Å². The fourth-order valence-electron chi connectivity index (χ4n) is 4.01. The molecule has 1 atom stereocenters. The zero-order valence-corrected chi connectivity index (χ0v) is 16.3. The maximum absolute atomic E-state index is 14.1. The number of hydrogen-bond acceptors (Lipinski definition) is 6. The average Bonchev–Trinajstić information content (AvgIpc) is 3.43. The van der Waals surface area contributed by atoms with Gasteiger partial charge in [-0.25, -0.2) is 13.5 Å². The van der Waals surface area contributed by atoms with Gasteiger partial charge in [0.05, 0.1) is 31.0 Å². The lowest BCUT2D eigenvalue weighted by Crippen LogP contribution is -2.39. The predicted octanol–water partition coefficient (Wildman–Crippen LogP) is 1.67. The number of aromatic nitrogens is 4. The number of halogens is 2. The summed E-state index contributed by atoms with van der Waals surface area (Å²) < 4.78 is 34.7. The van der Waals surface area contributed by atoms with E-state index in [4.69, 9.17) is 4.52 Å². The van der Waals surface area contributed by atoms with Gasteiger partial charge in [-0.3, -0.25) is 9.59 Å². The van der Waals surface area contributed by atoms with Crippen molar-refractivity contribution in [3.05, 3.63) is 28.9 Å². The molecule has 0 aromatic carbocycles. The lowest BCUT2D eigenvalue weighted by Gasteiger charge is -2.23. The van der Waals surface area contributed by atoms with Crippen LogP contribution in [0.4, 0.5) is 8.78 Å². The number of rotatable bonds is 4. The van der Waals surface area contributed by atoms with Gasteiger partial charge in [0.1, 0.15) is 11.3 Å². The number of hydrogen-bond donors (Lipinski definition) is 0. The van der Waals surface area contributed by atoms with Crippen molar-refractivity contribution in [2.75, 3.05) is 19.6 Å². The molecule has 9 nitrogen and oxygen atoms in total. The first-order chi connectivity index (χ1) is 13.7. The summed E-state index contributed by atoms with van der Waals surface area (Å²) in [5.74, 6) is -3.47. The molecule has 0 saturated carbocycles. The van der Waals surface area contributed by atoms with Crippen molar-refractivity contribution in [3.63, 3.8) is 0 Å². The summed E-state index contributed by atoms with van der Waals surface area (Å²) in [6.45, 7) is 3.87. The van der Waals surface area contributed by atoms with Gasteiger partial charge in [0, 0.05) is 19.5 Å². The lowest BCUT2D eigenvalue weighted by molar-refractivity contribution is 0.0117. The number of aryl methyl sites for hydroxylation is 2. The quantitative estimate of drug-likeness (QED) is 0.763. The summed E-state index contributed by atoms with van der Waals surface area (Å²) in [4.78, 5) is 28.2. The fourth-order valence-corrected chi connectivity index (χ4v) is 4.01. The predicted molar refractivity (Wildman–Crippen MR) is 95.5 cm³/mol. The molecule has 0 aliphatic carbocycles. The Balaban J connectivity index is 1.52. The van der Waals surface area contributed by atoms with Crippen LogP contribution in [-0.2, 0) is 6.54 Å². The molecule has 2 fully saturated rings. The van der Waals surface area contributed by atoms with E-state index in [1.165, 1.54) is 10.9 Å². The first-order valence-electron chi connectivity index (χ1n) is 9.56. The van der Waals surface area contributed by atoms with E-state index in [0.29, 0.717) is 24.5 Å². The number of amides is 2. The summed E-state index contributed by atoms with van der Waals surface area (Å²) in [5.41, 5.74) is 0.747. The topological polar surface area (TPSA) is 97.4 Å². The highest BCUT2D eigenvalue weighted by molar-refractivity contribution is 5.96. The summed E-state index contributed by atoms with van der Waals surface area (Å²) in [6, 6.07) is -0.789. The van der Waals surface area contributed by atoms with Crippen LogP contribution in [0.3, 0.4) is 0 Å². The number of nitrogens with zero attached hydrogens (tertiary/aromatic N) is 6. The molecule has 0 N–H and O–H groups in total. The zero-order valence-electron chi connectivity index (χ0n) is 16.3. The summed E-state index contributed by atoms with van der Waals surface area (Å²) in [5, 5.41) is 11.5. The van der Waals surface area contributed by atoms with E-state index in [0.717, 1.165) is 17.7 Å². The van der Waals surface area contributed by atoms with Crippen molar-refractivity contribution in [2.45, 2.75) is 51.6 Å². The van der Waals surface area contributed by atoms with Gasteiger partial charge in [-0.1, -0.05) is 10.4 Å². The minimum absolute atomic E-state index is 0.0188. The van der Waals surface area contributed by atoms with E-state index in [9.17, 15) is 18.4 Å². The molecule has 2 aromatic rings. The Kier molecular flexibility index (Phi) is 4.83. The van der Waals surface area contributed by atoms with Crippen molar-refractivity contribution < 1.29 is 22.9 Å². The third-order valence-electron chi connectivity index (χ3n) is 5.43. The molecule has 0 spiro atoms. The minimum Gasteiger partial charge on any atom is -0.361 e. The standard InChI is InChI=1S/C18H22F2N6O3/c1-11-15(12(2)29-22-11)17(28)26-10-18(19,20)7-13(26)8-25-9-14(21-23-25)16(27)24-5-3-4-6-24/h9,13H,3-8,10H2,1-2H3/t13-/m0/s1. The average molecular weight is 408 g/mol. The highest BCUT2D eigenvalue weighted by atomic mass is 19.3. The molecule has 4 rings (SSSR count). The second-order valence-corrected chi connectivity index (χ2v) is 7.67. The van der Waals surface area contributed by atoms with E-state index in [1.807, 2.05) is 0 Å². The van der Waals surface area contributed by atoms with Crippen LogP contribution in [-0.4, -0.2) is 73.4 Å². The molecule has 0 unspecified atom stereocenters. The summed E-state index contributed by atoms with van der Waals surface area (Å²) >= 11 is 0. The number of likely N-dealkylation sites (tertiary alicyclic amines) is 2. The number of carbonyl (C=O) groups is 2. The highest BCUT2D eigenvalue weighted by Crippen LogP contribution is 2.34. The maximum Gasteiger partial charge on any atom is 0.276 e. The molecule has 0 radical (unpaired) electrons. The Hall–Kier alpha value is -2.85. The third-order valence-corrected chi connectivity index (χ3v) is 5.43. The third kappa shape index (κ3) is 3.73. The van der Waals surface area contributed by atoms with E-state index in [1.54, 1.807) is 18.7 Å². The first-order valence-corrected chi connectivity index (χ1v) is 9.56. The largest absolute Gasteiger partial charge is 0.361 e. The Morgan fingerprint density at radius 1 is 1.24 bits per heavy atom. The van der Waals surface area contributed by atoms with Crippen LogP contribution < -0.4 is 0 Å². The van der Waals surface area contributed by atoms with Crippen molar-refractivity contribution >= 4 is 11.8 Å². The molecule has 2 aromatic heterocycles. The van der Waals surface area contributed by atoms with Crippen LogP contribution in [0.2, 0.25) is 0 Å². The SMILES string of the molecule is Cc1noc(C)c1C(=O)N1CC(F)(F)C[C@H]1Cn1cc(C(=O)N2CCCC2)nn1. The van der Waals surface area contributed by atoms with Crippen LogP contribution >= 0.6 is 0 Å². The van der Waals surface area contributed by atoms with Crippen LogP contribution in [0.15, 0.2) is 10.7 Å². The molecule has 2 amide bonds. The number of alkyl halides is 2. The monoisotopic (exact) mass is 408 g/mol. The van der Waals surface area contributed by atoms with Gasteiger partial charge in [-0.15, -0.1) is 5.10 Å². The van der Waals surface area contributed by atoms with Crippen LogP contribution in [0, 0.1) is 13.8 Å². The summed E-state index contributed by atoms with van der Waals surface area (Å²) in [6.07, 6.45) is 2.87. The highest BCUT2D eigenvalue weighted by Gasteiger charge is 2.48. The lowest BCUT2D eigenvalue weighted by atomic mass is 10.1. The number of carbonyl (C=O) groups excluding carboxylic acids is 2. The second kappa shape index (κ2) is 7.20. The second-order valence-electron chi connectivity index (χ2n) is 7.67. The van der Waals surface area contributed by atoms with Crippen LogP contribution in [0.1, 0.15) is 51.6 Å². The van der Waals surface area contributed by atoms with Crippen LogP contribution in [0.5, 0.6) is 0 Å². The molecule has 4 heterocycles. The van der Waals surface area contributed by atoms with E-state index >= 15 is 0 Å². The normalized spacial score (nSPS) is 21.2. The zero-order chi connectivity index (χ0) is 20.8. The summed E-state index contributed by atoms with van der Waals surface area (Å²) in [7, 11) is 0. The molecule has 11 heteroatoms. The van der Waals surface area contributed by atoms with Crippen molar-refractivity contribution in [1.29, 1.82) is 0 Å². The molecule has 156 valence electrons.